The molecule has 1 aliphatic rings. The third-order valence-electron chi connectivity index (χ3n) is 4.81. The molecular weight excluding hydrogens is 512 g/mol. The Morgan fingerprint density at radius 2 is 1.89 bits per heavy atom. The van der Waals surface area contributed by atoms with Gasteiger partial charge >= 0.3 is 13.6 Å². The molecular formula is C23H28BF3N4O5S. The number of Topliss-reactive ketones (excluding diaryl/α,β-unsaturated/α-hetero) is 1. The molecule has 0 spiro atoms. The van der Waals surface area contributed by atoms with Crippen LogP contribution in [-0.2, 0) is 16.0 Å². The number of allylic oxidation sites excluding steroid dienone is 1. The molecule has 2 heterocycles. The van der Waals surface area contributed by atoms with E-state index in [2.05, 4.69) is 15.3 Å². The van der Waals surface area contributed by atoms with E-state index in [-0.39, 0.29) is 23.0 Å². The number of aliphatic hydroxyl groups excluding tert-OH is 1. The number of amides is 2. The Bertz CT molecular complexity index is 1160. The average molecular weight is 540 g/mol. The fraction of sp³-hybridized carbons (Fsp3) is 0.435. The number of ketones is 1. The summed E-state index contributed by atoms with van der Waals surface area (Å²) in [5.74, 6) is -0.336. The first kappa shape index (κ1) is 29.8. The smallest absolute Gasteiger partial charge is 0.507 e. The number of thiazole rings is 1. The van der Waals surface area contributed by atoms with E-state index in [1.54, 1.807) is 32.9 Å². The minimum Gasteiger partial charge on any atom is -0.507 e. The zero-order valence-corrected chi connectivity index (χ0v) is 21.9. The van der Waals surface area contributed by atoms with Crippen molar-refractivity contribution in [3.05, 3.63) is 40.0 Å². The number of aromatic nitrogens is 2. The monoisotopic (exact) mass is 540 g/mol. The maximum Gasteiger partial charge on any atom is 0.762 e. The van der Waals surface area contributed by atoms with Crippen LogP contribution in [0.1, 0.15) is 68.4 Å². The van der Waals surface area contributed by atoms with Gasteiger partial charge in [-0.3, -0.25) is 27.4 Å². The molecule has 0 aromatic carbocycles. The molecule has 0 bridgehead atoms. The molecule has 37 heavy (non-hydrogen) atoms. The number of hydrogen-bond acceptors (Lipinski definition) is 8. The fourth-order valence-corrected chi connectivity index (χ4v) is 4.40. The van der Waals surface area contributed by atoms with Gasteiger partial charge in [-0.2, -0.15) is 0 Å². The van der Waals surface area contributed by atoms with E-state index in [9.17, 15) is 32.4 Å². The molecule has 0 fully saturated rings. The molecule has 0 aliphatic heterocycles. The first-order valence-electron chi connectivity index (χ1n) is 11.4. The number of carbonyl (C=O) groups is 3. The van der Waals surface area contributed by atoms with Crippen molar-refractivity contribution < 1.29 is 37.2 Å². The number of halogens is 3. The highest BCUT2D eigenvalue weighted by Gasteiger charge is 2.28. The minimum atomic E-state index is -3.67. The summed E-state index contributed by atoms with van der Waals surface area (Å²) < 4.78 is 34.4. The van der Waals surface area contributed by atoms with Crippen LogP contribution in [0.25, 0.3) is 5.76 Å². The highest BCUT2D eigenvalue weighted by atomic mass is 32.1. The molecule has 200 valence electrons. The molecule has 0 atom stereocenters. The third-order valence-corrected chi connectivity index (χ3v) is 5.83. The molecule has 2 aromatic rings. The van der Waals surface area contributed by atoms with Crippen LogP contribution < -0.4 is 10.2 Å². The number of rotatable bonds is 4. The summed E-state index contributed by atoms with van der Waals surface area (Å²) in [5, 5.41) is 13.9. The van der Waals surface area contributed by atoms with Gasteiger partial charge in [0.15, 0.2) is 5.13 Å². The predicted molar refractivity (Wildman–Crippen MR) is 136 cm³/mol. The highest BCUT2D eigenvalue weighted by molar-refractivity contribution is 7.18. The van der Waals surface area contributed by atoms with E-state index in [1.165, 1.54) is 18.0 Å². The zero-order chi connectivity index (χ0) is 27.9. The maximum atomic E-state index is 13.1. The van der Waals surface area contributed by atoms with Crippen molar-refractivity contribution in [1.82, 2.24) is 9.97 Å². The van der Waals surface area contributed by atoms with Gasteiger partial charge in [-0.25, -0.2) is 14.8 Å². The van der Waals surface area contributed by atoms with Crippen molar-refractivity contribution in [3.8, 4) is 0 Å². The van der Waals surface area contributed by atoms with E-state index >= 15 is 0 Å². The lowest BCUT2D eigenvalue weighted by Crippen LogP contribution is -2.37. The summed E-state index contributed by atoms with van der Waals surface area (Å²) in [5.41, 5.74) is 0.640. The summed E-state index contributed by atoms with van der Waals surface area (Å²) in [6, 6.07) is 3.22. The van der Waals surface area contributed by atoms with Crippen molar-refractivity contribution in [1.29, 1.82) is 0 Å². The summed E-state index contributed by atoms with van der Waals surface area (Å²) in [6.07, 6.45) is 2.52. The standard InChI is InChI=1S/C23H28N4O5S.BF3/c1-6-27(22(31)32-23(3,4)5)17-11-10-14(12-24-17)18(29)15-8-7-9-16-20(19(15)30)33-21(26-16)25-13(2)28;2-1(3)4/h10-12,29H,6-9H2,1-5H3,(H,25,26,28);. The number of hydrogen-bond donors (Lipinski definition) is 2. The van der Waals surface area contributed by atoms with Gasteiger partial charge in [-0.05, 0) is 59.1 Å². The van der Waals surface area contributed by atoms with Crippen LogP contribution in [0, 0.1) is 0 Å². The molecule has 9 nitrogen and oxygen atoms in total. The van der Waals surface area contributed by atoms with Crippen LogP contribution >= 0.6 is 11.3 Å². The SMILES string of the molecule is CCN(C(=O)OC(C)(C)C)c1ccc(C(O)=C2CCCc3nc(NC(C)=O)sc3C2=O)cn1.FB(F)F. The lowest BCUT2D eigenvalue weighted by molar-refractivity contribution is -0.114. The Morgan fingerprint density at radius 3 is 2.41 bits per heavy atom. The zero-order valence-electron chi connectivity index (χ0n) is 21.1. The van der Waals surface area contributed by atoms with Gasteiger partial charge in [0.1, 0.15) is 17.2 Å². The maximum absolute atomic E-state index is 13.1. The Morgan fingerprint density at radius 1 is 1.24 bits per heavy atom. The number of ether oxygens (including phenoxy) is 1. The Kier molecular flexibility index (Phi) is 10.2. The molecule has 2 amide bonds. The predicted octanol–water partition coefficient (Wildman–Crippen LogP) is 5.63. The van der Waals surface area contributed by atoms with Gasteiger partial charge in [0.05, 0.1) is 10.6 Å². The number of nitrogens with zero attached hydrogens (tertiary/aromatic N) is 3. The Balaban J connectivity index is 0.00000112. The van der Waals surface area contributed by atoms with E-state index in [0.717, 1.165) is 11.3 Å². The number of anilines is 2. The number of aryl methyl sites for hydroxylation is 1. The lowest BCUT2D eigenvalue weighted by atomic mass is 10.0. The number of nitrogens with one attached hydrogen (secondary N) is 1. The van der Waals surface area contributed by atoms with Crippen LogP contribution in [0.2, 0.25) is 0 Å². The Labute approximate surface area is 217 Å². The van der Waals surface area contributed by atoms with Crippen molar-refractivity contribution in [2.24, 2.45) is 0 Å². The second kappa shape index (κ2) is 12.7. The van der Waals surface area contributed by atoms with Gasteiger partial charge in [-0.1, -0.05) is 11.3 Å². The first-order valence-corrected chi connectivity index (χ1v) is 12.2. The van der Waals surface area contributed by atoms with Crippen molar-refractivity contribution in [2.45, 2.75) is 59.5 Å². The molecule has 2 aromatic heterocycles. The average Bonchev–Trinajstić information content (AvgIpc) is 3.10. The summed E-state index contributed by atoms with van der Waals surface area (Å²) in [7, 11) is -3.67. The van der Waals surface area contributed by atoms with Crippen LogP contribution in [0.3, 0.4) is 0 Å². The molecule has 0 radical (unpaired) electrons. The van der Waals surface area contributed by atoms with Crippen molar-refractivity contribution in [2.75, 3.05) is 16.8 Å². The molecule has 0 saturated carbocycles. The molecule has 1 aliphatic carbocycles. The van der Waals surface area contributed by atoms with E-state index in [4.69, 9.17) is 4.74 Å². The van der Waals surface area contributed by atoms with Crippen LogP contribution in [0.4, 0.5) is 28.7 Å². The van der Waals surface area contributed by atoms with Gasteiger partial charge < -0.3 is 15.2 Å². The molecule has 0 saturated heterocycles. The van der Waals surface area contributed by atoms with Crippen molar-refractivity contribution in [3.63, 3.8) is 0 Å². The highest BCUT2D eigenvalue weighted by Crippen LogP contribution is 2.34. The molecule has 2 N–H and O–H groups in total. The Hall–Kier alpha value is -3.42. The van der Waals surface area contributed by atoms with E-state index in [0.29, 0.717) is 52.9 Å². The van der Waals surface area contributed by atoms with Gasteiger partial charge in [0.2, 0.25) is 11.7 Å². The molecule has 14 heteroatoms. The number of carbonyl (C=O) groups excluding carboxylic acids is 3. The van der Waals surface area contributed by atoms with Crippen LogP contribution in [0.15, 0.2) is 23.9 Å². The number of pyridine rings is 1. The normalized spacial score (nSPS) is 14.4. The van der Waals surface area contributed by atoms with Gasteiger partial charge in [0.25, 0.3) is 0 Å². The number of fused-ring (bicyclic) bond motifs is 1. The summed E-state index contributed by atoms with van der Waals surface area (Å²) in [6.45, 7) is 8.91. The van der Waals surface area contributed by atoms with Crippen LogP contribution in [0.5, 0.6) is 0 Å². The largest absolute Gasteiger partial charge is 0.762 e. The quantitative estimate of drug-likeness (QED) is 0.223. The molecule has 0 unspecified atom stereocenters. The molecule has 3 rings (SSSR count). The summed E-state index contributed by atoms with van der Waals surface area (Å²) in [4.78, 5) is 47.4. The van der Waals surface area contributed by atoms with E-state index in [1.807, 2.05) is 6.92 Å². The summed E-state index contributed by atoms with van der Waals surface area (Å²) >= 11 is 1.11. The minimum absolute atomic E-state index is 0.151. The third kappa shape index (κ3) is 8.59. The lowest BCUT2D eigenvalue weighted by Gasteiger charge is -2.26. The number of aliphatic hydroxyl groups is 1. The first-order chi connectivity index (χ1) is 17.2. The topological polar surface area (TPSA) is 122 Å². The van der Waals surface area contributed by atoms with Crippen LogP contribution in [-0.4, -0.2) is 52.5 Å². The second-order valence-electron chi connectivity index (χ2n) is 8.86. The van der Waals surface area contributed by atoms with E-state index < -0.39 is 19.2 Å². The fourth-order valence-electron chi connectivity index (χ4n) is 3.37. The van der Waals surface area contributed by atoms with Gasteiger partial charge in [0, 0.05) is 30.8 Å². The second-order valence-corrected chi connectivity index (χ2v) is 9.86. The van der Waals surface area contributed by atoms with Crippen molar-refractivity contribution >= 4 is 53.4 Å². The van der Waals surface area contributed by atoms with Gasteiger partial charge in [-0.15, -0.1) is 0 Å².